The smallest absolute Gasteiger partial charge is 0.269 e. The minimum absolute atomic E-state index is 0.0218. The molecular weight excluding hydrogens is 360 g/mol. The molecule has 0 aliphatic carbocycles. The Labute approximate surface area is 152 Å². The van der Waals surface area contributed by atoms with Crippen LogP contribution in [-0.4, -0.2) is 24.7 Å². The Kier molecular flexibility index (Phi) is 4.47. The van der Waals surface area contributed by atoms with Gasteiger partial charge in [-0.05, 0) is 32.9 Å². The van der Waals surface area contributed by atoms with E-state index in [1.165, 1.54) is 16.8 Å². The molecule has 0 amide bonds. The van der Waals surface area contributed by atoms with Crippen LogP contribution in [0.25, 0.3) is 5.95 Å². The molecule has 0 unspecified atom stereocenters. The Morgan fingerprint density at radius 2 is 1.85 bits per heavy atom. The lowest BCUT2D eigenvalue weighted by molar-refractivity contribution is -0.384. The molecule has 3 aromatic rings. The predicted molar refractivity (Wildman–Crippen MR) is 97.6 cm³/mol. The number of aromatic amines is 1. The molecule has 0 bridgehead atoms. The Balaban J connectivity index is 2.06. The molecule has 10 heteroatoms. The number of halogens is 1. The molecule has 0 fully saturated rings. The average molecular weight is 375 g/mol. The van der Waals surface area contributed by atoms with Crippen molar-refractivity contribution >= 4 is 28.8 Å². The second-order valence-corrected chi connectivity index (χ2v) is 6.07. The van der Waals surface area contributed by atoms with Gasteiger partial charge in [0.15, 0.2) is 5.82 Å². The summed E-state index contributed by atoms with van der Waals surface area (Å²) in [6.07, 6.45) is 0. The van der Waals surface area contributed by atoms with Crippen molar-refractivity contribution in [2.24, 2.45) is 0 Å². The van der Waals surface area contributed by atoms with Gasteiger partial charge in [-0.1, -0.05) is 11.6 Å². The van der Waals surface area contributed by atoms with Gasteiger partial charge in [-0.25, -0.2) is 4.98 Å². The molecular formula is C16H15ClN6O3. The third-order valence-electron chi connectivity index (χ3n) is 3.91. The van der Waals surface area contributed by atoms with Crippen LogP contribution in [0.1, 0.15) is 17.0 Å². The lowest BCUT2D eigenvalue weighted by atomic mass is 10.3. The molecule has 0 radical (unpaired) electrons. The van der Waals surface area contributed by atoms with Crippen LogP contribution in [0.2, 0.25) is 5.02 Å². The van der Waals surface area contributed by atoms with E-state index < -0.39 is 4.92 Å². The van der Waals surface area contributed by atoms with Crippen molar-refractivity contribution in [3.8, 4) is 5.95 Å². The zero-order valence-electron chi connectivity index (χ0n) is 14.2. The quantitative estimate of drug-likeness (QED) is 0.534. The second kappa shape index (κ2) is 6.60. The van der Waals surface area contributed by atoms with Gasteiger partial charge in [-0.2, -0.15) is 9.78 Å². The minimum atomic E-state index is -0.477. The maximum absolute atomic E-state index is 12.0. The van der Waals surface area contributed by atoms with Crippen LogP contribution >= 0.6 is 11.6 Å². The summed E-state index contributed by atoms with van der Waals surface area (Å²) in [7, 11) is 0. The maximum atomic E-state index is 12.0. The van der Waals surface area contributed by atoms with Gasteiger partial charge in [-0.15, -0.1) is 0 Å². The van der Waals surface area contributed by atoms with Gasteiger partial charge in [0.1, 0.15) is 5.02 Å². The summed E-state index contributed by atoms with van der Waals surface area (Å²) < 4.78 is 1.40. The van der Waals surface area contributed by atoms with Crippen LogP contribution in [0.5, 0.6) is 0 Å². The van der Waals surface area contributed by atoms with E-state index in [0.29, 0.717) is 33.5 Å². The van der Waals surface area contributed by atoms with Gasteiger partial charge in [0.2, 0.25) is 5.95 Å². The summed E-state index contributed by atoms with van der Waals surface area (Å²) >= 11 is 6.33. The molecule has 0 saturated carbocycles. The van der Waals surface area contributed by atoms with Crippen molar-refractivity contribution in [1.82, 2.24) is 19.7 Å². The number of hydrogen-bond donors (Lipinski definition) is 2. The fourth-order valence-corrected chi connectivity index (χ4v) is 2.47. The Morgan fingerprint density at radius 3 is 2.42 bits per heavy atom. The molecule has 2 heterocycles. The van der Waals surface area contributed by atoms with E-state index in [1.807, 2.05) is 0 Å². The number of anilines is 2. The van der Waals surface area contributed by atoms with Gasteiger partial charge in [-0.3, -0.25) is 19.9 Å². The van der Waals surface area contributed by atoms with Crippen molar-refractivity contribution in [1.29, 1.82) is 0 Å². The molecule has 0 atom stereocenters. The van der Waals surface area contributed by atoms with Gasteiger partial charge in [0.05, 0.1) is 10.6 Å². The molecule has 134 valence electrons. The molecule has 0 spiro atoms. The highest BCUT2D eigenvalue weighted by Gasteiger charge is 2.18. The molecule has 1 aromatic carbocycles. The highest BCUT2D eigenvalue weighted by molar-refractivity contribution is 6.33. The summed E-state index contributed by atoms with van der Waals surface area (Å²) in [5.41, 5.74) is 1.93. The molecule has 0 saturated heterocycles. The lowest BCUT2D eigenvalue weighted by Crippen LogP contribution is -2.18. The van der Waals surface area contributed by atoms with Crippen LogP contribution in [0.4, 0.5) is 17.2 Å². The highest BCUT2D eigenvalue weighted by Crippen LogP contribution is 2.30. The number of hydrogen-bond acceptors (Lipinski definition) is 6. The first-order chi connectivity index (χ1) is 12.3. The van der Waals surface area contributed by atoms with Gasteiger partial charge >= 0.3 is 0 Å². The van der Waals surface area contributed by atoms with Crippen molar-refractivity contribution < 1.29 is 4.92 Å². The van der Waals surface area contributed by atoms with Crippen LogP contribution in [0.15, 0.2) is 29.1 Å². The third-order valence-corrected chi connectivity index (χ3v) is 4.36. The summed E-state index contributed by atoms with van der Waals surface area (Å²) in [5.74, 6) is 0.613. The Bertz CT molecular complexity index is 1060. The van der Waals surface area contributed by atoms with E-state index in [-0.39, 0.29) is 17.2 Å². The first-order valence-corrected chi connectivity index (χ1v) is 8.00. The lowest BCUT2D eigenvalue weighted by Gasteiger charge is -2.10. The molecule has 2 aromatic heterocycles. The molecule has 9 nitrogen and oxygen atoms in total. The molecule has 3 rings (SSSR count). The molecule has 0 aliphatic heterocycles. The van der Waals surface area contributed by atoms with Gasteiger partial charge in [0, 0.05) is 29.1 Å². The van der Waals surface area contributed by atoms with E-state index >= 15 is 0 Å². The van der Waals surface area contributed by atoms with E-state index in [1.54, 1.807) is 32.9 Å². The van der Waals surface area contributed by atoms with E-state index in [0.717, 1.165) is 0 Å². The SMILES string of the molecule is Cc1nn(-c2nc(C)c(C)c(=O)[nH]2)c(Nc2ccc([N+](=O)[O-])cc2)c1Cl. The third kappa shape index (κ3) is 3.16. The summed E-state index contributed by atoms with van der Waals surface area (Å²) in [5, 5.41) is 18.5. The zero-order valence-corrected chi connectivity index (χ0v) is 15.0. The second-order valence-electron chi connectivity index (χ2n) is 5.69. The zero-order chi connectivity index (χ0) is 19.0. The van der Waals surface area contributed by atoms with Crippen molar-refractivity contribution in [3.63, 3.8) is 0 Å². The minimum Gasteiger partial charge on any atom is -0.339 e. The number of aromatic nitrogens is 4. The van der Waals surface area contributed by atoms with Crippen molar-refractivity contribution in [2.75, 3.05) is 5.32 Å². The summed E-state index contributed by atoms with van der Waals surface area (Å²) in [6.45, 7) is 5.14. The van der Waals surface area contributed by atoms with Crippen LogP contribution in [0, 0.1) is 30.9 Å². The number of aryl methyl sites for hydroxylation is 2. The number of H-pyrrole nitrogens is 1. The van der Waals surface area contributed by atoms with Gasteiger partial charge < -0.3 is 5.32 Å². The fraction of sp³-hybridized carbons (Fsp3) is 0.188. The Hall–Kier alpha value is -3.20. The first kappa shape index (κ1) is 17.6. The van der Waals surface area contributed by atoms with Crippen molar-refractivity contribution in [3.05, 3.63) is 66.7 Å². The number of rotatable bonds is 4. The maximum Gasteiger partial charge on any atom is 0.269 e. The highest BCUT2D eigenvalue weighted by atomic mass is 35.5. The number of benzene rings is 1. The number of nitrogens with zero attached hydrogens (tertiary/aromatic N) is 4. The monoisotopic (exact) mass is 374 g/mol. The number of nitro benzene ring substituents is 1. The van der Waals surface area contributed by atoms with Crippen LogP contribution in [0.3, 0.4) is 0 Å². The van der Waals surface area contributed by atoms with E-state index in [4.69, 9.17) is 11.6 Å². The topological polar surface area (TPSA) is 119 Å². The number of non-ortho nitro benzene ring substituents is 1. The van der Waals surface area contributed by atoms with Crippen molar-refractivity contribution in [2.45, 2.75) is 20.8 Å². The summed E-state index contributed by atoms with van der Waals surface area (Å²) in [4.78, 5) is 29.4. The van der Waals surface area contributed by atoms with Crippen LogP contribution < -0.4 is 10.9 Å². The molecule has 26 heavy (non-hydrogen) atoms. The normalized spacial score (nSPS) is 10.8. The Morgan fingerprint density at radius 1 is 1.19 bits per heavy atom. The molecule has 2 N–H and O–H groups in total. The number of nitro groups is 1. The predicted octanol–water partition coefficient (Wildman–Crippen LogP) is 3.19. The molecule has 0 aliphatic rings. The van der Waals surface area contributed by atoms with E-state index in [2.05, 4.69) is 20.4 Å². The van der Waals surface area contributed by atoms with E-state index in [9.17, 15) is 14.9 Å². The number of nitrogens with one attached hydrogen (secondary N) is 2. The fourth-order valence-electron chi connectivity index (χ4n) is 2.30. The largest absolute Gasteiger partial charge is 0.339 e. The van der Waals surface area contributed by atoms with Crippen LogP contribution in [-0.2, 0) is 0 Å². The standard InChI is InChI=1S/C16H15ClN6O3/c1-8-9(2)18-16(20-15(8)24)22-14(13(17)10(3)21-22)19-11-4-6-12(7-5-11)23(25)26/h4-7,19H,1-3H3,(H,18,20,24). The van der Waals surface area contributed by atoms with Gasteiger partial charge in [0.25, 0.3) is 11.2 Å². The summed E-state index contributed by atoms with van der Waals surface area (Å²) in [6, 6.07) is 5.86. The average Bonchev–Trinajstić information content (AvgIpc) is 2.88. The first-order valence-electron chi connectivity index (χ1n) is 7.62.